The molecule has 0 aliphatic rings. The van der Waals surface area contributed by atoms with Gasteiger partial charge in [0, 0.05) is 17.8 Å². The van der Waals surface area contributed by atoms with E-state index >= 15 is 0 Å². The molecule has 15 heavy (non-hydrogen) atoms. The van der Waals surface area contributed by atoms with Gasteiger partial charge in [-0.1, -0.05) is 0 Å². The second kappa shape index (κ2) is 6.08. The number of hydrogen-bond acceptors (Lipinski definition) is 3. The van der Waals surface area contributed by atoms with Gasteiger partial charge < -0.3 is 5.32 Å². The van der Waals surface area contributed by atoms with Crippen LogP contribution in [0, 0.1) is 5.82 Å². The number of nitrogens with zero attached hydrogens (tertiary/aromatic N) is 1. The minimum Gasteiger partial charge on any atom is -0.306 e. The molecule has 1 aromatic rings. The average Bonchev–Trinajstić information content (AvgIpc) is 2.18. The summed E-state index contributed by atoms with van der Waals surface area (Å²) in [4.78, 5) is 4.05. The quantitative estimate of drug-likeness (QED) is 0.838. The third-order valence-electron chi connectivity index (χ3n) is 2.15. The number of pyridine rings is 1. The normalized spacial score (nSPS) is 14.9. The second-order valence-corrected chi connectivity index (χ2v) is 4.56. The predicted molar refractivity (Wildman–Crippen MR) is 63.6 cm³/mol. The summed E-state index contributed by atoms with van der Waals surface area (Å²) in [5, 5.41) is 3.41. The molecule has 4 heteroatoms. The van der Waals surface area contributed by atoms with Gasteiger partial charge in [-0.15, -0.1) is 0 Å². The molecule has 0 saturated carbocycles. The van der Waals surface area contributed by atoms with E-state index in [-0.39, 0.29) is 11.9 Å². The Morgan fingerprint density at radius 2 is 2.20 bits per heavy atom. The van der Waals surface area contributed by atoms with Gasteiger partial charge in [0.15, 0.2) is 0 Å². The molecule has 1 heterocycles. The van der Waals surface area contributed by atoms with E-state index in [9.17, 15) is 4.39 Å². The van der Waals surface area contributed by atoms with Gasteiger partial charge in [-0.3, -0.25) is 4.98 Å². The molecular weight excluding hydrogens is 211 g/mol. The smallest absolute Gasteiger partial charge is 0.141 e. The summed E-state index contributed by atoms with van der Waals surface area (Å²) >= 11 is 1.81. The Labute approximate surface area is 94.7 Å². The van der Waals surface area contributed by atoms with Crippen LogP contribution in [0.1, 0.15) is 25.6 Å². The zero-order valence-corrected chi connectivity index (χ0v) is 10.1. The van der Waals surface area contributed by atoms with E-state index in [0.29, 0.717) is 6.04 Å². The van der Waals surface area contributed by atoms with E-state index < -0.39 is 0 Å². The number of rotatable bonds is 5. The second-order valence-electron chi connectivity index (χ2n) is 3.65. The van der Waals surface area contributed by atoms with Crippen molar-refractivity contribution < 1.29 is 4.39 Å². The molecule has 84 valence electrons. The van der Waals surface area contributed by atoms with Crippen LogP contribution in [-0.2, 0) is 0 Å². The van der Waals surface area contributed by atoms with E-state index in [1.807, 2.05) is 6.92 Å². The summed E-state index contributed by atoms with van der Waals surface area (Å²) < 4.78 is 12.6. The molecular formula is C11H17FN2S. The minimum absolute atomic E-state index is 0.160. The van der Waals surface area contributed by atoms with Gasteiger partial charge >= 0.3 is 0 Å². The summed E-state index contributed by atoms with van der Waals surface area (Å²) in [6.45, 7) is 4.17. The molecule has 0 fully saturated rings. The van der Waals surface area contributed by atoms with Crippen LogP contribution in [0.25, 0.3) is 0 Å². The van der Waals surface area contributed by atoms with Crippen molar-refractivity contribution in [2.24, 2.45) is 0 Å². The monoisotopic (exact) mass is 228 g/mol. The molecule has 1 aromatic heterocycles. The van der Waals surface area contributed by atoms with Crippen molar-refractivity contribution in [3.05, 3.63) is 29.8 Å². The lowest BCUT2D eigenvalue weighted by Gasteiger charge is -2.18. The summed E-state index contributed by atoms with van der Waals surface area (Å²) in [6, 6.07) is 3.76. The average molecular weight is 228 g/mol. The fraction of sp³-hybridized carbons (Fsp3) is 0.545. The molecule has 1 rings (SSSR count). The van der Waals surface area contributed by atoms with E-state index in [1.165, 1.54) is 12.3 Å². The van der Waals surface area contributed by atoms with Crippen LogP contribution in [0.3, 0.4) is 0 Å². The van der Waals surface area contributed by atoms with Crippen LogP contribution in [-0.4, -0.2) is 23.0 Å². The van der Waals surface area contributed by atoms with Crippen molar-refractivity contribution in [3.63, 3.8) is 0 Å². The number of aromatic nitrogens is 1. The van der Waals surface area contributed by atoms with Crippen molar-refractivity contribution in [3.8, 4) is 0 Å². The topological polar surface area (TPSA) is 24.9 Å². The lowest BCUT2D eigenvalue weighted by molar-refractivity contribution is 0.500. The molecule has 0 aliphatic carbocycles. The van der Waals surface area contributed by atoms with Crippen molar-refractivity contribution in [1.29, 1.82) is 0 Å². The predicted octanol–water partition coefficient (Wildman–Crippen LogP) is 2.62. The number of halogens is 1. The Balaban J connectivity index is 2.53. The van der Waals surface area contributed by atoms with Gasteiger partial charge in [0.25, 0.3) is 0 Å². The maximum Gasteiger partial charge on any atom is 0.141 e. The molecule has 0 aliphatic heterocycles. The van der Waals surface area contributed by atoms with E-state index in [1.54, 1.807) is 17.8 Å². The molecule has 0 saturated heterocycles. The zero-order chi connectivity index (χ0) is 11.3. The molecule has 0 aromatic carbocycles. The van der Waals surface area contributed by atoms with Crippen molar-refractivity contribution >= 4 is 11.8 Å². The Morgan fingerprint density at radius 1 is 1.47 bits per heavy atom. The first-order chi connectivity index (χ1) is 7.13. The molecule has 0 spiro atoms. The van der Waals surface area contributed by atoms with Crippen LogP contribution in [0.15, 0.2) is 18.3 Å². The highest BCUT2D eigenvalue weighted by Crippen LogP contribution is 2.11. The minimum atomic E-state index is -0.289. The first-order valence-corrected chi connectivity index (χ1v) is 6.39. The van der Waals surface area contributed by atoms with Gasteiger partial charge in [-0.05, 0) is 32.2 Å². The summed E-state index contributed by atoms with van der Waals surface area (Å²) in [6.07, 6.45) is 3.34. The van der Waals surface area contributed by atoms with Gasteiger partial charge in [-0.2, -0.15) is 11.8 Å². The van der Waals surface area contributed by atoms with Crippen LogP contribution in [0.4, 0.5) is 4.39 Å². The Hall–Kier alpha value is -0.610. The summed E-state index contributed by atoms with van der Waals surface area (Å²) in [5.41, 5.74) is 0.879. The highest BCUT2D eigenvalue weighted by atomic mass is 32.2. The van der Waals surface area contributed by atoms with Gasteiger partial charge in [0.2, 0.25) is 0 Å². The highest BCUT2D eigenvalue weighted by Gasteiger charge is 2.09. The van der Waals surface area contributed by atoms with Crippen LogP contribution < -0.4 is 5.32 Å². The first-order valence-electron chi connectivity index (χ1n) is 5.00. The fourth-order valence-corrected chi connectivity index (χ4v) is 2.05. The highest BCUT2D eigenvalue weighted by molar-refractivity contribution is 7.98. The van der Waals surface area contributed by atoms with Crippen LogP contribution in [0.2, 0.25) is 0 Å². The summed E-state index contributed by atoms with van der Waals surface area (Å²) in [7, 11) is 0. The molecule has 1 N–H and O–H groups in total. The van der Waals surface area contributed by atoms with Crippen LogP contribution in [0.5, 0.6) is 0 Å². The Kier molecular flexibility index (Phi) is 5.05. The lowest BCUT2D eigenvalue weighted by Crippen LogP contribution is -2.31. The Bertz CT molecular complexity index is 289. The number of hydrogen-bond donors (Lipinski definition) is 1. The molecule has 0 amide bonds. The fourth-order valence-electron chi connectivity index (χ4n) is 1.45. The lowest BCUT2D eigenvalue weighted by atomic mass is 10.2. The maximum absolute atomic E-state index is 12.6. The molecule has 0 bridgehead atoms. The van der Waals surface area contributed by atoms with Crippen molar-refractivity contribution in [1.82, 2.24) is 10.3 Å². The molecule has 0 radical (unpaired) electrons. The van der Waals surface area contributed by atoms with E-state index in [0.717, 1.165) is 11.4 Å². The molecule has 2 nitrogen and oxygen atoms in total. The van der Waals surface area contributed by atoms with Crippen LogP contribution >= 0.6 is 11.8 Å². The number of thioether (sulfide) groups is 1. The van der Waals surface area contributed by atoms with Crippen molar-refractivity contribution in [2.45, 2.75) is 25.9 Å². The van der Waals surface area contributed by atoms with E-state index in [4.69, 9.17) is 0 Å². The van der Waals surface area contributed by atoms with Gasteiger partial charge in [-0.25, -0.2) is 4.39 Å². The van der Waals surface area contributed by atoms with Crippen molar-refractivity contribution in [2.75, 3.05) is 12.0 Å². The zero-order valence-electron chi connectivity index (χ0n) is 9.33. The third-order valence-corrected chi connectivity index (χ3v) is 2.98. The maximum atomic E-state index is 12.6. The van der Waals surface area contributed by atoms with Gasteiger partial charge in [0.05, 0.1) is 11.9 Å². The third kappa shape index (κ3) is 4.18. The summed E-state index contributed by atoms with van der Waals surface area (Å²) in [5.74, 6) is 0.772. The first kappa shape index (κ1) is 12.5. The SMILES string of the molecule is CSCC(C)NC(C)c1ccc(F)cn1. The molecule has 2 unspecified atom stereocenters. The largest absolute Gasteiger partial charge is 0.306 e. The van der Waals surface area contributed by atoms with E-state index in [2.05, 4.69) is 23.5 Å². The Morgan fingerprint density at radius 3 is 2.73 bits per heavy atom. The molecule has 2 atom stereocenters. The van der Waals surface area contributed by atoms with Gasteiger partial charge in [0.1, 0.15) is 5.82 Å². The standard InChI is InChI=1S/C11H17FN2S/c1-8(7-15-3)14-9(2)11-5-4-10(12)6-13-11/h4-6,8-9,14H,7H2,1-3H3. The number of nitrogens with one attached hydrogen (secondary N) is 1.